The average molecular weight is 251 g/mol. The minimum absolute atomic E-state index is 0.132. The van der Waals surface area contributed by atoms with Crippen LogP contribution in [0.25, 0.3) is 0 Å². The Balaban J connectivity index is 2.63. The molecule has 100 valence electrons. The van der Waals surface area contributed by atoms with E-state index in [-0.39, 0.29) is 6.61 Å². The minimum atomic E-state index is -1.53. The molecule has 1 amide bonds. The first-order valence-corrected chi connectivity index (χ1v) is 5.25. The van der Waals surface area contributed by atoms with E-state index in [0.29, 0.717) is 0 Å². The second-order valence-corrected chi connectivity index (χ2v) is 3.62. The molecule has 0 saturated carbocycles. The fourth-order valence-electron chi connectivity index (χ4n) is 1.56. The Labute approximate surface area is 97.8 Å². The summed E-state index contributed by atoms with van der Waals surface area (Å²) >= 11 is 0. The molecular weight excluding hydrogens is 234 g/mol. The molecule has 0 radical (unpaired) electrons. The van der Waals surface area contributed by atoms with Gasteiger partial charge in [-0.05, 0) is 6.92 Å². The summed E-state index contributed by atoms with van der Waals surface area (Å²) in [5.74, 6) is 0. The highest BCUT2D eigenvalue weighted by molar-refractivity contribution is 5.67. The van der Waals surface area contributed by atoms with Gasteiger partial charge in [-0.25, -0.2) is 4.79 Å². The highest BCUT2D eigenvalue weighted by Gasteiger charge is 2.44. The Bertz CT molecular complexity index is 262. The molecule has 8 heteroatoms. The molecule has 0 aliphatic carbocycles. The van der Waals surface area contributed by atoms with Gasteiger partial charge < -0.3 is 35.2 Å². The van der Waals surface area contributed by atoms with Crippen LogP contribution in [0.5, 0.6) is 0 Å². The number of nitrogens with one attached hydrogen (secondary N) is 1. The zero-order chi connectivity index (χ0) is 13.0. The molecule has 5 atom stereocenters. The predicted octanol–water partition coefficient (Wildman–Crippen LogP) is -2.47. The van der Waals surface area contributed by atoms with Gasteiger partial charge in [0.15, 0.2) is 6.29 Å². The van der Waals surface area contributed by atoms with Crippen LogP contribution in [0, 0.1) is 0 Å². The molecule has 5 N–H and O–H groups in total. The molecule has 0 spiro atoms. The molecule has 17 heavy (non-hydrogen) atoms. The van der Waals surface area contributed by atoms with Crippen molar-refractivity contribution < 1.29 is 34.7 Å². The maximum atomic E-state index is 11.1. The number of amides is 1. The lowest BCUT2D eigenvalue weighted by atomic mass is 9.97. The molecule has 1 saturated heterocycles. The van der Waals surface area contributed by atoms with E-state index in [4.69, 9.17) is 9.84 Å². The lowest BCUT2D eigenvalue weighted by Gasteiger charge is -2.39. The van der Waals surface area contributed by atoms with Crippen molar-refractivity contribution in [3.8, 4) is 0 Å². The normalized spacial score (nSPS) is 37.6. The number of ether oxygens (including phenoxy) is 2. The van der Waals surface area contributed by atoms with Crippen LogP contribution in [0.15, 0.2) is 0 Å². The van der Waals surface area contributed by atoms with Crippen LogP contribution in [0.1, 0.15) is 6.92 Å². The summed E-state index contributed by atoms with van der Waals surface area (Å²) in [6, 6.07) is -1.22. The van der Waals surface area contributed by atoms with E-state index >= 15 is 0 Å². The number of hydrogen-bond donors (Lipinski definition) is 5. The number of aliphatic hydroxyl groups excluding tert-OH is 4. The van der Waals surface area contributed by atoms with E-state index in [1.807, 2.05) is 0 Å². The van der Waals surface area contributed by atoms with Crippen LogP contribution < -0.4 is 5.32 Å². The van der Waals surface area contributed by atoms with Crippen LogP contribution in [-0.2, 0) is 9.47 Å². The smallest absolute Gasteiger partial charge is 0.407 e. The predicted molar refractivity (Wildman–Crippen MR) is 53.9 cm³/mol. The Kier molecular flexibility index (Phi) is 5.09. The monoisotopic (exact) mass is 251 g/mol. The van der Waals surface area contributed by atoms with Gasteiger partial charge in [-0.3, -0.25) is 0 Å². The van der Waals surface area contributed by atoms with Crippen molar-refractivity contribution in [2.45, 2.75) is 37.6 Å². The molecule has 1 rings (SSSR count). The molecule has 0 aromatic heterocycles. The highest BCUT2D eigenvalue weighted by atomic mass is 16.6. The van der Waals surface area contributed by atoms with Crippen LogP contribution in [0.3, 0.4) is 0 Å². The first kappa shape index (κ1) is 14.1. The number of aliphatic hydroxyl groups is 4. The number of carbonyl (C=O) groups excluding carboxylic acids is 1. The SMILES string of the molecule is CCOC(=O)N[C@H]1[C@H](O)[C@H](O)[C@H](CO)O[C@@H]1O. The van der Waals surface area contributed by atoms with Gasteiger partial charge in [0.05, 0.1) is 13.2 Å². The maximum Gasteiger partial charge on any atom is 0.407 e. The van der Waals surface area contributed by atoms with Crippen molar-refractivity contribution in [3.63, 3.8) is 0 Å². The number of alkyl carbamates (subject to hydrolysis) is 1. The van der Waals surface area contributed by atoms with Crippen LogP contribution in [0.2, 0.25) is 0 Å². The quantitative estimate of drug-likeness (QED) is 0.376. The summed E-state index contributed by atoms with van der Waals surface area (Å²) in [6.45, 7) is 1.18. The Hall–Kier alpha value is -0.930. The average Bonchev–Trinajstić information content (AvgIpc) is 2.29. The number of hydrogen-bond acceptors (Lipinski definition) is 7. The summed E-state index contributed by atoms with van der Waals surface area (Å²) in [6.07, 6.45) is -6.33. The van der Waals surface area contributed by atoms with Crippen LogP contribution >= 0.6 is 0 Å². The Morgan fingerprint density at radius 3 is 2.53 bits per heavy atom. The standard InChI is InChI=1S/C9H17NO7/c1-2-16-9(15)10-5-7(13)6(12)4(3-11)17-8(5)14/h4-8,11-14H,2-3H2,1H3,(H,10,15)/t4-,5-,6+,7-,8-/m0/s1. The molecule has 1 aliphatic heterocycles. The molecule has 0 bridgehead atoms. The van der Waals surface area contributed by atoms with Crippen molar-refractivity contribution in [2.75, 3.05) is 13.2 Å². The Morgan fingerprint density at radius 2 is 2.00 bits per heavy atom. The molecule has 0 unspecified atom stereocenters. The van der Waals surface area contributed by atoms with E-state index in [9.17, 15) is 20.1 Å². The molecule has 8 nitrogen and oxygen atoms in total. The van der Waals surface area contributed by atoms with Crippen molar-refractivity contribution in [1.82, 2.24) is 5.32 Å². The third-order valence-corrected chi connectivity index (χ3v) is 2.46. The van der Waals surface area contributed by atoms with E-state index in [1.54, 1.807) is 6.92 Å². The van der Waals surface area contributed by atoms with Crippen molar-refractivity contribution >= 4 is 6.09 Å². The third-order valence-electron chi connectivity index (χ3n) is 2.46. The van der Waals surface area contributed by atoms with Gasteiger partial charge in [0.25, 0.3) is 0 Å². The van der Waals surface area contributed by atoms with Gasteiger partial charge in [0, 0.05) is 0 Å². The van der Waals surface area contributed by atoms with E-state index in [0.717, 1.165) is 0 Å². The summed E-state index contributed by atoms with van der Waals surface area (Å²) in [5, 5.41) is 39.7. The lowest BCUT2D eigenvalue weighted by Crippen LogP contribution is -2.64. The van der Waals surface area contributed by atoms with Crippen LogP contribution in [-0.4, -0.2) is 70.4 Å². The molecule has 1 fully saturated rings. The summed E-state index contributed by atoms with van der Waals surface area (Å²) in [7, 11) is 0. The van der Waals surface area contributed by atoms with Crippen molar-refractivity contribution in [3.05, 3.63) is 0 Å². The zero-order valence-corrected chi connectivity index (χ0v) is 9.31. The second-order valence-electron chi connectivity index (χ2n) is 3.62. The molecule has 0 aromatic rings. The van der Waals surface area contributed by atoms with Crippen molar-refractivity contribution in [1.29, 1.82) is 0 Å². The highest BCUT2D eigenvalue weighted by Crippen LogP contribution is 2.19. The number of rotatable bonds is 3. The third kappa shape index (κ3) is 3.27. The van der Waals surface area contributed by atoms with Crippen molar-refractivity contribution in [2.24, 2.45) is 0 Å². The fraction of sp³-hybridized carbons (Fsp3) is 0.889. The summed E-state index contributed by atoms with van der Waals surface area (Å²) in [4.78, 5) is 11.1. The van der Waals surface area contributed by atoms with Gasteiger partial charge in [-0.15, -0.1) is 0 Å². The zero-order valence-electron chi connectivity index (χ0n) is 9.31. The first-order chi connectivity index (χ1) is 8.01. The van der Waals surface area contributed by atoms with Gasteiger partial charge in [0.2, 0.25) is 0 Å². The summed E-state index contributed by atoms with van der Waals surface area (Å²) < 4.78 is 9.41. The van der Waals surface area contributed by atoms with Gasteiger partial charge in [-0.2, -0.15) is 0 Å². The summed E-state index contributed by atoms with van der Waals surface area (Å²) in [5.41, 5.74) is 0. The van der Waals surface area contributed by atoms with Crippen LogP contribution in [0.4, 0.5) is 4.79 Å². The molecule has 1 aliphatic rings. The minimum Gasteiger partial charge on any atom is -0.450 e. The fourth-order valence-corrected chi connectivity index (χ4v) is 1.56. The lowest BCUT2D eigenvalue weighted by molar-refractivity contribution is -0.253. The van der Waals surface area contributed by atoms with Gasteiger partial charge >= 0.3 is 6.09 Å². The largest absolute Gasteiger partial charge is 0.450 e. The molecular formula is C9H17NO7. The van der Waals surface area contributed by atoms with Gasteiger partial charge in [-0.1, -0.05) is 0 Å². The van der Waals surface area contributed by atoms with E-state index in [2.05, 4.69) is 10.1 Å². The first-order valence-electron chi connectivity index (χ1n) is 5.25. The second kappa shape index (κ2) is 6.12. The Morgan fingerprint density at radius 1 is 1.35 bits per heavy atom. The van der Waals surface area contributed by atoms with Gasteiger partial charge in [0.1, 0.15) is 24.4 Å². The van der Waals surface area contributed by atoms with E-state index < -0.39 is 43.3 Å². The topological polar surface area (TPSA) is 128 Å². The number of carbonyl (C=O) groups is 1. The molecule has 0 aromatic carbocycles. The molecule has 1 heterocycles. The van der Waals surface area contributed by atoms with E-state index in [1.165, 1.54) is 0 Å². The maximum absolute atomic E-state index is 11.1.